The average Bonchev–Trinajstić information content (AvgIpc) is 2.82. The molecular formula is C20H22N2O5S. The van der Waals surface area contributed by atoms with Crippen LogP contribution in [0, 0.1) is 10.1 Å². The number of amides is 1. The van der Waals surface area contributed by atoms with E-state index in [1.54, 1.807) is 13.8 Å². The minimum atomic E-state index is -0.546. The summed E-state index contributed by atoms with van der Waals surface area (Å²) in [6.07, 6.45) is 4.52. The Morgan fingerprint density at radius 2 is 1.96 bits per heavy atom. The molecule has 0 radical (unpaired) electrons. The number of benzene rings is 1. The van der Waals surface area contributed by atoms with Crippen LogP contribution in [0.15, 0.2) is 24.3 Å². The van der Waals surface area contributed by atoms with Gasteiger partial charge in [-0.15, -0.1) is 11.3 Å². The number of nitrogens with one attached hydrogen (secondary N) is 1. The van der Waals surface area contributed by atoms with Crippen LogP contribution in [0.2, 0.25) is 0 Å². The quantitative estimate of drug-likeness (QED) is 0.337. The Kier molecular flexibility index (Phi) is 6.08. The Morgan fingerprint density at radius 1 is 1.21 bits per heavy atom. The third-order valence-corrected chi connectivity index (χ3v) is 5.72. The predicted octanol–water partition coefficient (Wildman–Crippen LogP) is 4.74. The first kappa shape index (κ1) is 20.0. The van der Waals surface area contributed by atoms with Crippen LogP contribution in [0.4, 0.5) is 10.7 Å². The Hall–Kier alpha value is -2.74. The fourth-order valence-corrected chi connectivity index (χ4v) is 4.53. The largest absolute Gasteiger partial charge is 0.459 e. The van der Waals surface area contributed by atoms with Crippen molar-refractivity contribution in [2.75, 3.05) is 5.32 Å². The second-order valence-electron chi connectivity index (χ2n) is 6.98. The van der Waals surface area contributed by atoms with E-state index in [9.17, 15) is 19.7 Å². The summed E-state index contributed by atoms with van der Waals surface area (Å²) in [6, 6.07) is 5.52. The monoisotopic (exact) mass is 402 g/mol. The van der Waals surface area contributed by atoms with Crippen LogP contribution < -0.4 is 5.32 Å². The second-order valence-corrected chi connectivity index (χ2v) is 8.09. The van der Waals surface area contributed by atoms with E-state index in [1.807, 2.05) is 0 Å². The maximum absolute atomic E-state index is 12.7. The second kappa shape index (κ2) is 8.52. The molecule has 1 amide bonds. The van der Waals surface area contributed by atoms with Crippen LogP contribution in [0.25, 0.3) is 0 Å². The van der Waals surface area contributed by atoms with Gasteiger partial charge in [0.25, 0.3) is 11.6 Å². The van der Waals surface area contributed by atoms with Crippen LogP contribution in [0.5, 0.6) is 0 Å². The van der Waals surface area contributed by atoms with Gasteiger partial charge in [-0.05, 0) is 51.2 Å². The highest BCUT2D eigenvalue weighted by atomic mass is 32.1. The Labute approximate surface area is 166 Å². The van der Waals surface area contributed by atoms with Crippen molar-refractivity contribution in [3.05, 3.63) is 55.9 Å². The molecule has 0 aliphatic heterocycles. The topological polar surface area (TPSA) is 98.5 Å². The van der Waals surface area contributed by atoms with Crippen molar-refractivity contribution >= 4 is 33.9 Å². The number of anilines is 1. The first-order valence-corrected chi connectivity index (χ1v) is 10.1. The molecule has 1 heterocycles. The van der Waals surface area contributed by atoms with Gasteiger partial charge in [-0.25, -0.2) is 4.79 Å². The van der Waals surface area contributed by atoms with Crippen LogP contribution in [-0.2, 0) is 17.6 Å². The highest BCUT2D eigenvalue weighted by Gasteiger charge is 2.27. The van der Waals surface area contributed by atoms with Gasteiger partial charge in [-0.3, -0.25) is 14.9 Å². The summed E-state index contributed by atoms with van der Waals surface area (Å²) < 4.78 is 5.41. The maximum atomic E-state index is 12.7. The molecule has 28 heavy (non-hydrogen) atoms. The van der Waals surface area contributed by atoms with Gasteiger partial charge < -0.3 is 10.1 Å². The van der Waals surface area contributed by atoms with E-state index in [0.717, 1.165) is 42.5 Å². The summed E-state index contributed by atoms with van der Waals surface area (Å²) in [6.45, 7) is 3.56. The van der Waals surface area contributed by atoms with Gasteiger partial charge in [-0.1, -0.05) is 12.5 Å². The number of nitro benzene ring substituents is 1. The third-order valence-electron chi connectivity index (χ3n) is 4.51. The van der Waals surface area contributed by atoms with Gasteiger partial charge in [0.1, 0.15) is 5.00 Å². The molecule has 0 spiro atoms. The third kappa shape index (κ3) is 4.39. The number of carbonyl (C=O) groups is 2. The molecule has 0 bridgehead atoms. The predicted molar refractivity (Wildman–Crippen MR) is 107 cm³/mol. The fourth-order valence-electron chi connectivity index (χ4n) is 3.26. The van der Waals surface area contributed by atoms with Crippen molar-refractivity contribution in [2.45, 2.75) is 52.1 Å². The lowest BCUT2D eigenvalue weighted by Crippen LogP contribution is -2.17. The zero-order valence-electron chi connectivity index (χ0n) is 15.8. The number of hydrogen-bond donors (Lipinski definition) is 1. The van der Waals surface area contributed by atoms with Crippen LogP contribution >= 0.6 is 11.3 Å². The zero-order chi connectivity index (χ0) is 20.3. The molecular weight excluding hydrogens is 380 g/mol. The SMILES string of the molecule is CC(C)OC(=O)c1c(NC(=O)c2cccc([N+](=O)[O-])c2)sc2c1CCCCC2. The van der Waals surface area contributed by atoms with Crippen molar-refractivity contribution in [2.24, 2.45) is 0 Å². The highest BCUT2D eigenvalue weighted by molar-refractivity contribution is 7.17. The molecule has 0 atom stereocenters. The number of ether oxygens (including phenoxy) is 1. The van der Waals surface area contributed by atoms with Gasteiger partial charge in [0.05, 0.1) is 16.6 Å². The number of thiophene rings is 1. The Bertz CT molecular complexity index is 919. The molecule has 2 aromatic rings. The van der Waals surface area contributed by atoms with E-state index in [1.165, 1.54) is 35.6 Å². The van der Waals surface area contributed by atoms with E-state index in [-0.39, 0.29) is 17.4 Å². The first-order valence-electron chi connectivity index (χ1n) is 9.28. The van der Waals surface area contributed by atoms with Crippen LogP contribution in [0.3, 0.4) is 0 Å². The molecule has 0 fully saturated rings. The molecule has 148 valence electrons. The zero-order valence-corrected chi connectivity index (χ0v) is 16.6. The number of nitro groups is 1. The van der Waals surface area contributed by atoms with Crippen molar-refractivity contribution < 1.29 is 19.2 Å². The van der Waals surface area contributed by atoms with Crippen LogP contribution in [0.1, 0.15) is 64.3 Å². The molecule has 0 saturated heterocycles. The number of non-ortho nitro benzene ring substituents is 1. The number of esters is 1. The summed E-state index contributed by atoms with van der Waals surface area (Å²) >= 11 is 1.40. The van der Waals surface area contributed by atoms with E-state index in [4.69, 9.17) is 4.74 Å². The molecule has 1 aliphatic rings. The summed E-state index contributed by atoms with van der Waals surface area (Å²) in [5.41, 5.74) is 1.40. The summed E-state index contributed by atoms with van der Waals surface area (Å²) in [5.74, 6) is -0.928. The molecule has 3 rings (SSSR count). The van der Waals surface area contributed by atoms with Gasteiger partial charge in [0.15, 0.2) is 0 Å². The molecule has 0 saturated carbocycles. The van der Waals surface area contributed by atoms with E-state index in [0.29, 0.717) is 10.6 Å². The van der Waals surface area contributed by atoms with Crippen LogP contribution in [-0.4, -0.2) is 22.9 Å². The standard InChI is InChI=1S/C20H22N2O5S/c1-12(2)27-20(24)17-15-9-4-3-5-10-16(15)28-19(17)21-18(23)13-7-6-8-14(11-13)22(25)26/h6-8,11-12H,3-5,9-10H2,1-2H3,(H,21,23). The number of hydrogen-bond acceptors (Lipinski definition) is 6. The van der Waals surface area contributed by atoms with E-state index < -0.39 is 16.8 Å². The Morgan fingerprint density at radius 3 is 2.68 bits per heavy atom. The minimum absolute atomic E-state index is 0.158. The highest BCUT2D eigenvalue weighted by Crippen LogP contribution is 2.38. The Balaban J connectivity index is 1.94. The maximum Gasteiger partial charge on any atom is 0.341 e. The molecule has 1 N–H and O–H groups in total. The van der Waals surface area contributed by atoms with Crippen molar-refractivity contribution in [1.82, 2.24) is 0 Å². The van der Waals surface area contributed by atoms with E-state index in [2.05, 4.69) is 5.32 Å². The average molecular weight is 402 g/mol. The molecule has 8 heteroatoms. The minimum Gasteiger partial charge on any atom is -0.459 e. The molecule has 1 aliphatic carbocycles. The van der Waals surface area contributed by atoms with Gasteiger partial charge in [0, 0.05) is 22.6 Å². The van der Waals surface area contributed by atoms with Crippen molar-refractivity contribution in [3.8, 4) is 0 Å². The van der Waals surface area contributed by atoms with Gasteiger partial charge in [-0.2, -0.15) is 0 Å². The first-order chi connectivity index (χ1) is 13.4. The molecule has 1 aromatic heterocycles. The van der Waals surface area contributed by atoms with Crippen molar-refractivity contribution in [1.29, 1.82) is 0 Å². The number of nitrogens with zero attached hydrogens (tertiary/aromatic N) is 1. The normalized spacial score (nSPS) is 13.5. The smallest absolute Gasteiger partial charge is 0.341 e. The number of fused-ring (bicyclic) bond motifs is 1. The summed E-state index contributed by atoms with van der Waals surface area (Å²) in [7, 11) is 0. The number of rotatable bonds is 5. The summed E-state index contributed by atoms with van der Waals surface area (Å²) in [5, 5.41) is 14.2. The van der Waals surface area contributed by atoms with E-state index >= 15 is 0 Å². The van der Waals surface area contributed by atoms with Gasteiger partial charge in [0.2, 0.25) is 0 Å². The number of carbonyl (C=O) groups excluding carboxylic acids is 2. The lowest BCUT2D eigenvalue weighted by atomic mass is 10.1. The lowest BCUT2D eigenvalue weighted by Gasteiger charge is -2.11. The summed E-state index contributed by atoms with van der Waals surface area (Å²) in [4.78, 5) is 36.9. The lowest BCUT2D eigenvalue weighted by molar-refractivity contribution is -0.384. The number of aryl methyl sites for hydroxylation is 1. The molecule has 1 aromatic carbocycles. The molecule has 0 unspecified atom stereocenters. The van der Waals surface area contributed by atoms with Gasteiger partial charge >= 0.3 is 5.97 Å². The molecule has 7 nitrogen and oxygen atoms in total. The fraction of sp³-hybridized carbons (Fsp3) is 0.400. The van der Waals surface area contributed by atoms with Crippen molar-refractivity contribution in [3.63, 3.8) is 0 Å².